The van der Waals surface area contributed by atoms with Crippen molar-refractivity contribution in [2.75, 3.05) is 6.61 Å². The highest BCUT2D eigenvalue weighted by atomic mass is 16.5. The molecule has 18 heavy (non-hydrogen) atoms. The van der Waals surface area contributed by atoms with Gasteiger partial charge in [0.2, 0.25) is 11.7 Å². The van der Waals surface area contributed by atoms with Gasteiger partial charge in [-0.1, -0.05) is 39.3 Å². The van der Waals surface area contributed by atoms with Crippen LogP contribution in [0.1, 0.15) is 71.3 Å². The lowest BCUT2D eigenvalue weighted by Gasteiger charge is -2.27. The minimum Gasteiger partial charge on any atom is -0.370 e. The molecule has 0 spiro atoms. The van der Waals surface area contributed by atoms with Crippen LogP contribution < -0.4 is 5.73 Å². The van der Waals surface area contributed by atoms with Crippen LogP contribution in [-0.2, 0) is 4.74 Å². The predicted octanol–water partition coefficient (Wildman–Crippen LogP) is 2.99. The highest BCUT2D eigenvalue weighted by Crippen LogP contribution is 2.34. The molecule has 1 aromatic rings. The summed E-state index contributed by atoms with van der Waals surface area (Å²) in [7, 11) is 0. The van der Waals surface area contributed by atoms with E-state index in [0.717, 1.165) is 12.8 Å². The summed E-state index contributed by atoms with van der Waals surface area (Å²) in [6.07, 6.45) is 1.66. The lowest BCUT2D eigenvalue weighted by Crippen LogP contribution is -2.22. The molecule has 0 radical (unpaired) electrons. The molecule has 0 aliphatic carbocycles. The molecule has 0 aromatic carbocycles. The maximum atomic E-state index is 5.96. The molecule has 1 rings (SSSR count). The lowest BCUT2D eigenvalue weighted by atomic mass is 9.88. The van der Waals surface area contributed by atoms with E-state index in [1.54, 1.807) is 0 Å². The van der Waals surface area contributed by atoms with Crippen molar-refractivity contribution in [3.05, 3.63) is 11.7 Å². The summed E-state index contributed by atoms with van der Waals surface area (Å²) in [6.45, 7) is 10.9. The average Bonchev–Trinajstić information content (AvgIpc) is 2.73. The van der Waals surface area contributed by atoms with Crippen molar-refractivity contribution in [2.24, 2.45) is 11.1 Å². The number of aromatic nitrogens is 2. The van der Waals surface area contributed by atoms with Crippen molar-refractivity contribution in [3.63, 3.8) is 0 Å². The van der Waals surface area contributed by atoms with Crippen molar-refractivity contribution < 1.29 is 9.26 Å². The quantitative estimate of drug-likeness (QED) is 0.845. The summed E-state index contributed by atoms with van der Waals surface area (Å²) in [6, 6.07) is -0.182. The molecule has 0 fully saturated rings. The van der Waals surface area contributed by atoms with Crippen LogP contribution in [0.4, 0.5) is 0 Å². The summed E-state index contributed by atoms with van der Waals surface area (Å²) in [5.41, 5.74) is 5.89. The third-order valence-corrected chi connectivity index (χ3v) is 2.73. The molecule has 1 aromatic heterocycles. The number of hydrogen-bond acceptors (Lipinski definition) is 5. The molecule has 5 heteroatoms. The Labute approximate surface area is 109 Å². The monoisotopic (exact) mass is 255 g/mol. The molecule has 0 aliphatic heterocycles. The fourth-order valence-corrected chi connectivity index (χ4v) is 1.82. The van der Waals surface area contributed by atoms with Gasteiger partial charge in [0.15, 0.2) is 0 Å². The van der Waals surface area contributed by atoms with Gasteiger partial charge in [-0.05, 0) is 18.8 Å². The Bertz CT molecular complexity index is 357. The molecule has 0 saturated heterocycles. The third kappa shape index (κ3) is 3.78. The molecule has 104 valence electrons. The molecular formula is C13H25N3O2. The van der Waals surface area contributed by atoms with Crippen molar-refractivity contribution in [2.45, 2.75) is 59.6 Å². The smallest absolute Gasteiger partial charge is 0.243 e. The first-order valence-electron chi connectivity index (χ1n) is 6.60. The van der Waals surface area contributed by atoms with Crippen LogP contribution >= 0.6 is 0 Å². The summed E-state index contributed by atoms with van der Waals surface area (Å²) in [5.74, 6) is 1.09. The minimum atomic E-state index is -0.182. The Morgan fingerprint density at radius 3 is 2.50 bits per heavy atom. The normalized spacial score (nSPS) is 15.7. The lowest BCUT2D eigenvalue weighted by molar-refractivity contribution is -0.0203. The summed E-state index contributed by atoms with van der Waals surface area (Å²) >= 11 is 0. The Hall–Kier alpha value is -0.940. The van der Waals surface area contributed by atoms with Gasteiger partial charge in [-0.25, -0.2) is 0 Å². The molecule has 2 unspecified atom stereocenters. The number of rotatable bonds is 6. The van der Waals surface area contributed by atoms with E-state index in [1.807, 2.05) is 6.92 Å². The van der Waals surface area contributed by atoms with Crippen molar-refractivity contribution >= 4 is 0 Å². The van der Waals surface area contributed by atoms with Crippen LogP contribution in [0.3, 0.4) is 0 Å². The molecular weight excluding hydrogens is 230 g/mol. The number of nitrogens with two attached hydrogens (primary N) is 1. The second kappa shape index (κ2) is 6.29. The average molecular weight is 255 g/mol. The molecule has 2 atom stereocenters. The molecule has 0 amide bonds. The summed E-state index contributed by atoms with van der Waals surface area (Å²) in [5, 5.41) is 4.01. The van der Waals surface area contributed by atoms with Crippen LogP contribution in [0.5, 0.6) is 0 Å². The van der Waals surface area contributed by atoms with Gasteiger partial charge in [-0.3, -0.25) is 0 Å². The highest BCUT2D eigenvalue weighted by Gasteiger charge is 2.31. The Morgan fingerprint density at radius 1 is 1.33 bits per heavy atom. The third-order valence-electron chi connectivity index (χ3n) is 2.73. The topological polar surface area (TPSA) is 74.2 Å². The molecule has 0 bridgehead atoms. The Kier molecular flexibility index (Phi) is 5.28. The van der Waals surface area contributed by atoms with Crippen LogP contribution in [0.25, 0.3) is 0 Å². The van der Waals surface area contributed by atoms with E-state index >= 15 is 0 Å². The predicted molar refractivity (Wildman–Crippen MR) is 70.0 cm³/mol. The maximum absolute atomic E-state index is 5.96. The SMILES string of the molecule is CCCC(N)c1nc(C(OCC)C(C)(C)C)no1. The first-order valence-corrected chi connectivity index (χ1v) is 6.60. The van der Waals surface area contributed by atoms with Crippen LogP contribution in [0, 0.1) is 5.41 Å². The first-order chi connectivity index (χ1) is 8.40. The highest BCUT2D eigenvalue weighted by molar-refractivity contribution is 4.98. The van der Waals surface area contributed by atoms with Gasteiger partial charge in [0.05, 0.1) is 6.04 Å². The van der Waals surface area contributed by atoms with E-state index in [-0.39, 0.29) is 17.6 Å². The van der Waals surface area contributed by atoms with Gasteiger partial charge >= 0.3 is 0 Å². The number of nitrogens with zero attached hydrogens (tertiary/aromatic N) is 2. The van der Waals surface area contributed by atoms with E-state index in [9.17, 15) is 0 Å². The minimum absolute atomic E-state index is 0.0774. The standard InChI is InChI=1S/C13H25N3O2/c1-6-8-9(14)12-15-11(16-18-12)10(17-7-2)13(3,4)5/h9-10H,6-8,14H2,1-5H3. The van der Waals surface area contributed by atoms with Crippen molar-refractivity contribution in [1.29, 1.82) is 0 Å². The Morgan fingerprint density at radius 2 is 2.00 bits per heavy atom. The van der Waals surface area contributed by atoms with Gasteiger partial charge < -0.3 is 15.0 Å². The van der Waals surface area contributed by atoms with E-state index in [1.165, 1.54) is 0 Å². The van der Waals surface area contributed by atoms with Gasteiger partial charge in [-0.15, -0.1) is 0 Å². The fourth-order valence-electron chi connectivity index (χ4n) is 1.82. The van der Waals surface area contributed by atoms with Crippen LogP contribution in [-0.4, -0.2) is 16.7 Å². The molecule has 1 heterocycles. The van der Waals surface area contributed by atoms with Gasteiger partial charge in [0, 0.05) is 6.61 Å². The van der Waals surface area contributed by atoms with E-state index < -0.39 is 0 Å². The zero-order valence-electron chi connectivity index (χ0n) is 12.1. The van der Waals surface area contributed by atoms with Crippen molar-refractivity contribution in [1.82, 2.24) is 10.1 Å². The summed E-state index contributed by atoms with van der Waals surface area (Å²) in [4.78, 5) is 4.39. The van der Waals surface area contributed by atoms with E-state index in [0.29, 0.717) is 18.3 Å². The number of ether oxygens (including phenoxy) is 1. The van der Waals surface area contributed by atoms with Gasteiger partial charge in [0.1, 0.15) is 6.10 Å². The zero-order chi connectivity index (χ0) is 13.8. The largest absolute Gasteiger partial charge is 0.370 e. The van der Waals surface area contributed by atoms with E-state index in [2.05, 4.69) is 37.8 Å². The maximum Gasteiger partial charge on any atom is 0.243 e. The second-order valence-electron chi connectivity index (χ2n) is 5.59. The van der Waals surface area contributed by atoms with Crippen LogP contribution in [0.2, 0.25) is 0 Å². The zero-order valence-corrected chi connectivity index (χ0v) is 12.1. The van der Waals surface area contributed by atoms with Gasteiger partial charge in [0.25, 0.3) is 0 Å². The fraction of sp³-hybridized carbons (Fsp3) is 0.846. The van der Waals surface area contributed by atoms with Crippen LogP contribution in [0.15, 0.2) is 4.52 Å². The molecule has 0 aliphatic rings. The summed E-state index contributed by atoms with van der Waals surface area (Å²) < 4.78 is 11.0. The molecule has 5 nitrogen and oxygen atoms in total. The number of hydrogen-bond donors (Lipinski definition) is 1. The van der Waals surface area contributed by atoms with Crippen molar-refractivity contribution in [3.8, 4) is 0 Å². The first kappa shape index (κ1) is 15.1. The Balaban J connectivity index is 2.87. The molecule has 0 saturated carbocycles. The second-order valence-corrected chi connectivity index (χ2v) is 5.59. The molecule has 2 N–H and O–H groups in total. The van der Waals surface area contributed by atoms with Gasteiger partial charge in [-0.2, -0.15) is 4.98 Å². The van der Waals surface area contributed by atoms with E-state index in [4.69, 9.17) is 15.0 Å².